The molecule has 0 atom stereocenters. The Hall–Kier alpha value is -2.62. The lowest BCUT2D eigenvalue weighted by Gasteiger charge is -2.08. The summed E-state index contributed by atoms with van der Waals surface area (Å²) in [6.45, 7) is 0. The molecule has 0 aliphatic rings. The lowest BCUT2D eigenvalue weighted by molar-refractivity contribution is 0.395. The minimum atomic E-state index is -0.539. The van der Waals surface area contributed by atoms with Crippen LogP contribution in [0, 0.1) is 12.3 Å². The molecular weight excluding hydrogens is 236 g/mol. The van der Waals surface area contributed by atoms with Crippen LogP contribution in [-0.4, -0.2) is 26.2 Å². The third kappa shape index (κ3) is 1.47. The fraction of sp³-hybridized carbons (Fsp3) is 0.273. The summed E-state index contributed by atoms with van der Waals surface area (Å²) in [7, 11) is 4.24. The van der Waals surface area contributed by atoms with E-state index in [9.17, 15) is 9.59 Å². The van der Waals surface area contributed by atoms with Crippen molar-refractivity contribution in [3.05, 3.63) is 26.5 Å². The van der Waals surface area contributed by atoms with Gasteiger partial charge in [0.15, 0.2) is 16.9 Å². The molecule has 0 aliphatic heterocycles. The maximum Gasteiger partial charge on any atom is 0.332 e. The Morgan fingerprint density at radius 3 is 2.44 bits per heavy atom. The summed E-state index contributed by atoms with van der Waals surface area (Å²) in [5.74, 6) is 2.38. The highest BCUT2D eigenvalue weighted by Crippen LogP contribution is 2.14. The van der Waals surface area contributed by atoms with Crippen molar-refractivity contribution in [3.63, 3.8) is 0 Å². The van der Waals surface area contributed by atoms with E-state index in [4.69, 9.17) is 11.2 Å². The monoisotopic (exact) mass is 246 g/mol. The number of terminal acetylenes is 1. The third-order valence-corrected chi connectivity index (χ3v) is 2.57. The van der Waals surface area contributed by atoms with Crippen molar-refractivity contribution in [2.75, 3.05) is 7.11 Å². The zero-order valence-electron chi connectivity index (χ0n) is 10.1. The number of fused-ring (bicyclic) bond motifs is 1. The molecule has 0 radical (unpaired) electrons. The Bertz CT molecular complexity index is 795. The Morgan fingerprint density at radius 2 is 1.89 bits per heavy atom. The van der Waals surface area contributed by atoms with E-state index in [0.717, 1.165) is 4.57 Å². The van der Waals surface area contributed by atoms with E-state index in [-0.39, 0.29) is 22.7 Å². The SMILES string of the molecule is C#Cc1nc2c(nc1OC)c(=O)n(C)c(=O)n2C. The van der Waals surface area contributed by atoms with Crippen LogP contribution in [0.3, 0.4) is 0 Å². The molecule has 2 aromatic heterocycles. The number of nitrogens with zero attached hydrogens (tertiary/aromatic N) is 4. The minimum Gasteiger partial charge on any atom is -0.479 e. The number of hydrogen-bond acceptors (Lipinski definition) is 5. The van der Waals surface area contributed by atoms with Crippen molar-refractivity contribution in [3.8, 4) is 18.2 Å². The number of ether oxygens (including phenoxy) is 1. The molecule has 0 N–H and O–H groups in total. The van der Waals surface area contributed by atoms with Crippen LogP contribution in [0.1, 0.15) is 5.69 Å². The molecule has 18 heavy (non-hydrogen) atoms. The smallest absolute Gasteiger partial charge is 0.332 e. The van der Waals surface area contributed by atoms with Crippen LogP contribution in [0.25, 0.3) is 11.2 Å². The molecule has 2 aromatic rings. The van der Waals surface area contributed by atoms with Crippen molar-refractivity contribution in [1.82, 2.24) is 19.1 Å². The first kappa shape index (κ1) is 11.9. The molecule has 0 bridgehead atoms. The molecule has 7 nitrogen and oxygen atoms in total. The van der Waals surface area contributed by atoms with Gasteiger partial charge in [-0.25, -0.2) is 14.8 Å². The highest BCUT2D eigenvalue weighted by atomic mass is 16.5. The maximum atomic E-state index is 11.9. The van der Waals surface area contributed by atoms with Crippen LogP contribution >= 0.6 is 0 Å². The Labute approximate surface area is 102 Å². The zero-order chi connectivity index (χ0) is 13.4. The van der Waals surface area contributed by atoms with E-state index in [1.807, 2.05) is 0 Å². The summed E-state index contributed by atoms with van der Waals surface area (Å²) in [6.07, 6.45) is 5.27. The topological polar surface area (TPSA) is 79.0 Å². The van der Waals surface area contributed by atoms with Gasteiger partial charge in [-0.2, -0.15) is 0 Å². The lowest BCUT2D eigenvalue weighted by Crippen LogP contribution is -2.37. The van der Waals surface area contributed by atoms with E-state index < -0.39 is 11.2 Å². The van der Waals surface area contributed by atoms with Gasteiger partial charge in [0.05, 0.1) is 7.11 Å². The van der Waals surface area contributed by atoms with Gasteiger partial charge >= 0.3 is 5.69 Å². The van der Waals surface area contributed by atoms with Crippen LogP contribution in [-0.2, 0) is 14.1 Å². The van der Waals surface area contributed by atoms with Gasteiger partial charge in [0.25, 0.3) is 5.56 Å². The predicted molar refractivity (Wildman–Crippen MR) is 64.5 cm³/mol. The first-order valence-electron chi connectivity index (χ1n) is 4.99. The van der Waals surface area contributed by atoms with Gasteiger partial charge in [0.2, 0.25) is 5.88 Å². The summed E-state index contributed by atoms with van der Waals surface area (Å²) >= 11 is 0. The van der Waals surface area contributed by atoms with E-state index >= 15 is 0 Å². The average molecular weight is 246 g/mol. The molecule has 7 heteroatoms. The lowest BCUT2D eigenvalue weighted by atomic mass is 10.4. The first-order chi connectivity index (χ1) is 8.51. The molecule has 0 amide bonds. The molecule has 0 unspecified atom stereocenters. The Balaban J connectivity index is 3.09. The van der Waals surface area contributed by atoms with Gasteiger partial charge in [-0.3, -0.25) is 13.9 Å². The number of aromatic nitrogens is 4. The predicted octanol–water partition coefficient (Wildman–Crippen LogP) is -0.983. The minimum absolute atomic E-state index is 0.0375. The van der Waals surface area contributed by atoms with Crippen molar-refractivity contribution in [2.24, 2.45) is 14.1 Å². The van der Waals surface area contributed by atoms with E-state index in [1.54, 1.807) is 0 Å². The molecule has 0 fully saturated rings. The van der Waals surface area contributed by atoms with E-state index in [0.29, 0.717) is 0 Å². The van der Waals surface area contributed by atoms with Gasteiger partial charge < -0.3 is 4.74 Å². The molecule has 2 rings (SSSR count). The highest BCUT2D eigenvalue weighted by Gasteiger charge is 2.15. The molecule has 92 valence electrons. The number of methoxy groups -OCH3 is 1. The van der Waals surface area contributed by atoms with Crippen LogP contribution in [0.5, 0.6) is 5.88 Å². The van der Waals surface area contributed by atoms with Crippen molar-refractivity contribution in [1.29, 1.82) is 0 Å². The summed E-state index contributed by atoms with van der Waals surface area (Å²) in [4.78, 5) is 31.7. The zero-order valence-corrected chi connectivity index (χ0v) is 10.1. The van der Waals surface area contributed by atoms with Gasteiger partial charge in [0.1, 0.15) is 0 Å². The maximum absolute atomic E-state index is 11.9. The molecule has 0 aliphatic carbocycles. The quantitative estimate of drug-likeness (QED) is 0.604. The Kier molecular flexibility index (Phi) is 2.63. The standard InChI is InChI=1S/C11H10N4O3/c1-5-6-9(18-4)13-7-8(12-6)14(2)11(17)15(3)10(7)16/h1H,2-4H3. The molecule has 0 aromatic carbocycles. The number of aryl methyl sites for hydroxylation is 1. The molecule has 0 spiro atoms. The van der Waals surface area contributed by atoms with Crippen molar-refractivity contribution < 1.29 is 4.74 Å². The second-order valence-electron chi connectivity index (χ2n) is 3.60. The average Bonchev–Trinajstić information content (AvgIpc) is 2.41. The fourth-order valence-electron chi connectivity index (χ4n) is 1.59. The molecular formula is C11H10N4O3. The molecule has 0 saturated carbocycles. The second kappa shape index (κ2) is 4.00. The van der Waals surface area contributed by atoms with E-state index in [1.165, 1.54) is 25.8 Å². The number of rotatable bonds is 1. The third-order valence-electron chi connectivity index (χ3n) is 2.57. The Morgan fingerprint density at radius 1 is 1.22 bits per heavy atom. The normalized spacial score (nSPS) is 10.3. The van der Waals surface area contributed by atoms with E-state index in [2.05, 4.69) is 15.9 Å². The van der Waals surface area contributed by atoms with Crippen LogP contribution in [0.15, 0.2) is 9.59 Å². The van der Waals surface area contributed by atoms with Crippen molar-refractivity contribution in [2.45, 2.75) is 0 Å². The summed E-state index contributed by atoms with van der Waals surface area (Å²) in [6, 6.07) is 0. The van der Waals surface area contributed by atoms with Crippen LogP contribution in [0.2, 0.25) is 0 Å². The summed E-state index contributed by atoms with van der Waals surface area (Å²) in [5.41, 5.74) is -0.710. The van der Waals surface area contributed by atoms with Gasteiger partial charge in [-0.15, -0.1) is 6.42 Å². The van der Waals surface area contributed by atoms with Gasteiger partial charge in [-0.1, -0.05) is 0 Å². The van der Waals surface area contributed by atoms with Crippen LogP contribution in [0.4, 0.5) is 0 Å². The van der Waals surface area contributed by atoms with Crippen molar-refractivity contribution >= 4 is 11.2 Å². The van der Waals surface area contributed by atoms with Crippen LogP contribution < -0.4 is 16.0 Å². The van der Waals surface area contributed by atoms with Gasteiger partial charge in [0, 0.05) is 14.1 Å². The first-order valence-corrected chi connectivity index (χ1v) is 4.99. The van der Waals surface area contributed by atoms with Gasteiger partial charge in [-0.05, 0) is 5.92 Å². The summed E-state index contributed by atoms with van der Waals surface area (Å²) < 4.78 is 7.12. The number of hydrogen-bond donors (Lipinski definition) is 0. The summed E-state index contributed by atoms with van der Waals surface area (Å²) in [5, 5.41) is 0. The molecule has 0 saturated heterocycles. The molecule has 2 heterocycles. The second-order valence-corrected chi connectivity index (χ2v) is 3.60. The largest absolute Gasteiger partial charge is 0.479 e. The highest BCUT2D eigenvalue weighted by molar-refractivity contribution is 5.70. The fourth-order valence-corrected chi connectivity index (χ4v) is 1.59.